The number of esters is 1. The van der Waals surface area contributed by atoms with Gasteiger partial charge in [-0.05, 0) is 59.7 Å². The van der Waals surface area contributed by atoms with Crippen LogP contribution in [0.2, 0.25) is 0 Å². The maximum absolute atomic E-state index is 13.1. The molecule has 0 radical (unpaired) electrons. The van der Waals surface area contributed by atoms with Gasteiger partial charge < -0.3 is 24.4 Å². The summed E-state index contributed by atoms with van der Waals surface area (Å²) in [7, 11) is 2.83. The third-order valence-electron chi connectivity index (χ3n) is 6.42. The van der Waals surface area contributed by atoms with Crippen LogP contribution in [-0.2, 0) is 21.6 Å². The molecular formula is C27H23N3O7. The van der Waals surface area contributed by atoms with E-state index in [9.17, 15) is 19.2 Å². The first-order valence-electron chi connectivity index (χ1n) is 11.4. The lowest BCUT2D eigenvalue weighted by Crippen LogP contribution is -2.52. The number of carbonyl (C=O) groups is 4. The molecule has 2 N–H and O–H groups in total. The minimum absolute atomic E-state index is 0.0599. The normalized spacial score (nSPS) is 18.2. The largest absolute Gasteiger partial charge is 0.497 e. The lowest BCUT2D eigenvalue weighted by atomic mass is 9.89. The van der Waals surface area contributed by atoms with E-state index in [-0.39, 0.29) is 12.5 Å². The number of hydrogen-bond acceptors (Lipinski definition) is 7. The van der Waals surface area contributed by atoms with Crippen LogP contribution in [0.5, 0.6) is 17.2 Å². The van der Waals surface area contributed by atoms with Gasteiger partial charge in [0.2, 0.25) is 0 Å². The molecule has 0 aromatic heterocycles. The van der Waals surface area contributed by atoms with Crippen LogP contribution >= 0.6 is 0 Å². The lowest BCUT2D eigenvalue weighted by Gasteiger charge is -2.31. The zero-order valence-corrected chi connectivity index (χ0v) is 20.1. The molecular weight excluding hydrogens is 478 g/mol. The Morgan fingerprint density at radius 1 is 0.919 bits per heavy atom. The zero-order valence-electron chi connectivity index (χ0n) is 20.1. The highest BCUT2D eigenvalue weighted by molar-refractivity contribution is 6.08. The van der Waals surface area contributed by atoms with Crippen LogP contribution in [-0.4, -0.2) is 49.5 Å². The standard InChI is InChI=1S/C27H23N3O7/c1-35-21-10-5-17-14-30(23(31)22(17)13-21)15-27(25(33)28-26(34)29-27)18-6-11-20(12-7-18)37-19-8-3-16(4-9-19)24(32)36-2/h3-13H,14-15H2,1-2H3,(H2,28,29,33,34)/t27-/m0/s1. The van der Waals surface area contributed by atoms with Crippen LogP contribution in [0.1, 0.15) is 31.8 Å². The van der Waals surface area contributed by atoms with Gasteiger partial charge in [0.15, 0.2) is 5.54 Å². The molecule has 2 aliphatic rings. The number of amides is 4. The van der Waals surface area contributed by atoms with Crippen molar-refractivity contribution in [3.8, 4) is 17.2 Å². The minimum Gasteiger partial charge on any atom is -0.497 e. The van der Waals surface area contributed by atoms with Crippen molar-refractivity contribution in [3.63, 3.8) is 0 Å². The van der Waals surface area contributed by atoms with E-state index in [0.29, 0.717) is 40.5 Å². The topological polar surface area (TPSA) is 123 Å². The van der Waals surface area contributed by atoms with Crippen molar-refractivity contribution in [2.75, 3.05) is 20.8 Å². The molecule has 10 heteroatoms. The van der Waals surface area contributed by atoms with Gasteiger partial charge in [-0.15, -0.1) is 0 Å². The van der Waals surface area contributed by atoms with Gasteiger partial charge in [0.25, 0.3) is 11.8 Å². The first-order chi connectivity index (χ1) is 17.8. The van der Waals surface area contributed by atoms with Gasteiger partial charge in [-0.25, -0.2) is 9.59 Å². The predicted molar refractivity (Wildman–Crippen MR) is 130 cm³/mol. The molecule has 1 fully saturated rings. The summed E-state index contributed by atoms with van der Waals surface area (Å²) in [5.41, 5.74) is 0.728. The van der Waals surface area contributed by atoms with E-state index in [2.05, 4.69) is 10.6 Å². The number of rotatable bonds is 7. The summed E-state index contributed by atoms with van der Waals surface area (Å²) in [6, 6.07) is 17.7. The molecule has 4 amide bonds. The van der Waals surface area contributed by atoms with Crippen molar-refractivity contribution in [3.05, 3.63) is 89.0 Å². The van der Waals surface area contributed by atoms with Crippen molar-refractivity contribution < 1.29 is 33.4 Å². The van der Waals surface area contributed by atoms with E-state index in [1.165, 1.54) is 19.1 Å². The average molecular weight is 501 g/mol. The average Bonchev–Trinajstić information content (AvgIpc) is 3.38. The number of carbonyl (C=O) groups excluding carboxylic acids is 4. The van der Waals surface area contributed by atoms with Crippen LogP contribution in [0.15, 0.2) is 66.7 Å². The smallest absolute Gasteiger partial charge is 0.337 e. The summed E-state index contributed by atoms with van der Waals surface area (Å²) in [4.78, 5) is 51.5. The Balaban J connectivity index is 1.38. The first-order valence-corrected chi connectivity index (χ1v) is 11.4. The Hall–Kier alpha value is -4.86. The molecule has 0 saturated carbocycles. The number of nitrogens with one attached hydrogen (secondary N) is 2. The van der Waals surface area contributed by atoms with Crippen LogP contribution < -0.4 is 20.1 Å². The monoisotopic (exact) mass is 501 g/mol. The fourth-order valence-electron chi connectivity index (χ4n) is 4.50. The Kier molecular flexibility index (Phi) is 6.00. The minimum atomic E-state index is -1.47. The van der Waals surface area contributed by atoms with Crippen LogP contribution in [0.25, 0.3) is 0 Å². The highest BCUT2D eigenvalue weighted by Gasteiger charge is 2.50. The van der Waals surface area contributed by atoms with Gasteiger partial charge in [0.05, 0.1) is 26.3 Å². The number of benzene rings is 3. The molecule has 0 spiro atoms. The molecule has 188 valence electrons. The molecule has 3 aromatic rings. The van der Waals surface area contributed by atoms with Gasteiger partial charge in [0.1, 0.15) is 17.2 Å². The van der Waals surface area contributed by atoms with Crippen molar-refractivity contribution in [1.29, 1.82) is 0 Å². The van der Waals surface area contributed by atoms with E-state index >= 15 is 0 Å². The Morgan fingerprint density at radius 2 is 1.57 bits per heavy atom. The van der Waals surface area contributed by atoms with E-state index in [1.54, 1.807) is 60.7 Å². The quantitative estimate of drug-likeness (QED) is 0.377. The van der Waals surface area contributed by atoms with Crippen LogP contribution in [0, 0.1) is 0 Å². The number of methoxy groups -OCH3 is 2. The number of nitrogens with zero attached hydrogens (tertiary/aromatic N) is 1. The Morgan fingerprint density at radius 3 is 2.16 bits per heavy atom. The molecule has 10 nitrogen and oxygen atoms in total. The summed E-state index contributed by atoms with van der Waals surface area (Å²) in [5.74, 6) is 0.287. The molecule has 1 atom stereocenters. The molecule has 2 aliphatic heterocycles. The van der Waals surface area contributed by atoms with Crippen molar-refractivity contribution >= 4 is 23.8 Å². The fraction of sp³-hybridized carbons (Fsp3) is 0.185. The van der Waals surface area contributed by atoms with Crippen LogP contribution in [0.3, 0.4) is 0 Å². The van der Waals surface area contributed by atoms with E-state index in [1.807, 2.05) is 6.07 Å². The Labute approximate surface area is 212 Å². The van der Waals surface area contributed by atoms with Gasteiger partial charge in [0, 0.05) is 12.1 Å². The second-order valence-corrected chi connectivity index (χ2v) is 8.64. The lowest BCUT2D eigenvalue weighted by molar-refractivity contribution is -0.124. The highest BCUT2D eigenvalue weighted by atomic mass is 16.5. The van der Waals surface area contributed by atoms with Crippen LogP contribution in [0.4, 0.5) is 4.79 Å². The molecule has 1 saturated heterocycles. The predicted octanol–water partition coefficient (Wildman–Crippen LogP) is 2.96. The summed E-state index contributed by atoms with van der Waals surface area (Å²) < 4.78 is 15.8. The molecule has 0 unspecified atom stereocenters. The fourth-order valence-corrected chi connectivity index (χ4v) is 4.50. The number of fused-ring (bicyclic) bond motifs is 1. The van der Waals surface area contributed by atoms with E-state index < -0.39 is 23.4 Å². The van der Waals surface area contributed by atoms with Crippen molar-refractivity contribution in [1.82, 2.24) is 15.5 Å². The molecule has 3 aromatic carbocycles. The highest BCUT2D eigenvalue weighted by Crippen LogP contribution is 2.33. The van der Waals surface area contributed by atoms with E-state index in [0.717, 1.165) is 5.56 Å². The van der Waals surface area contributed by atoms with Gasteiger partial charge >= 0.3 is 12.0 Å². The summed E-state index contributed by atoms with van der Waals surface area (Å²) in [5, 5.41) is 5.01. The molecule has 2 heterocycles. The maximum atomic E-state index is 13.1. The SMILES string of the molecule is COC(=O)c1ccc(Oc2ccc([C@]3(CN4Cc5ccc(OC)cc5C4=O)NC(=O)NC3=O)cc2)cc1. The third-order valence-corrected chi connectivity index (χ3v) is 6.42. The van der Waals surface area contributed by atoms with Gasteiger partial charge in [-0.3, -0.25) is 14.9 Å². The summed E-state index contributed by atoms with van der Waals surface area (Å²) in [6.45, 7) is 0.238. The number of imide groups is 1. The van der Waals surface area contributed by atoms with Gasteiger partial charge in [-0.1, -0.05) is 18.2 Å². The van der Waals surface area contributed by atoms with Crippen molar-refractivity contribution in [2.24, 2.45) is 0 Å². The molecule has 37 heavy (non-hydrogen) atoms. The third kappa shape index (κ3) is 4.33. The summed E-state index contributed by atoms with van der Waals surface area (Å²) >= 11 is 0. The first kappa shape index (κ1) is 23.9. The number of urea groups is 1. The molecule has 0 aliphatic carbocycles. The number of ether oxygens (including phenoxy) is 3. The second-order valence-electron chi connectivity index (χ2n) is 8.64. The Bertz CT molecular complexity index is 1400. The number of hydrogen-bond donors (Lipinski definition) is 2. The van der Waals surface area contributed by atoms with Crippen molar-refractivity contribution in [2.45, 2.75) is 12.1 Å². The molecule has 5 rings (SSSR count). The zero-order chi connectivity index (χ0) is 26.2. The van der Waals surface area contributed by atoms with E-state index in [4.69, 9.17) is 14.2 Å². The van der Waals surface area contributed by atoms with Gasteiger partial charge in [-0.2, -0.15) is 0 Å². The second kappa shape index (κ2) is 9.30. The molecule has 0 bridgehead atoms. The summed E-state index contributed by atoms with van der Waals surface area (Å²) in [6.07, 6.45) is 0. The maximum Gasteiger partial charge on any atom is 0.337 e.